The summed E-state index contributed by atoms with van der Waals surface area (Å²) < 4.78 is 5.20. The van der Waals surface area contributed by atoms with E-state index in [1.165, 1.54) is 0 Å². The summed E-state index contributed by atoms with van der Waals surface area (Å²) in [6.07, 6.45) is 5.65. The van der Waals surface area contributed by atoms with Gasteiger partial charge in [-0.2, -0.15) is 0 Å². The van der Waals surface area contributed by atoms with Crippen LogP contribution in [0.2, 0.25) is 0 Å². The van der Waals surface area contributed by atoms with Gasteiger partial charge in [-0.15, -0.1) is 0 Å². The van der Waals surface area contributed by atoms with Crippen molar-refractivity contribution >= 4 is 5.97 Å². The Morgan fingerprint density at radius 2 is 2.19 bits per heavy atom. The number of carbonyl (C=O) groups is 1. The molecule has 0 aliphatic rings. The van der Waals surface area contributed by atoms with Crippen molar-refractivity contribution in [3.63, 3.8) is 0 Å². The molecule has 0 spiro atoms. The molecule has 0 aliphatic heterocycles. The number of nitrogens with one attached hydrogen (secondary N) is 1. The normalized spacial score (nSPS) is 10.5. The SMILES string of the molecule is O=C(O)CCCCCNCCc1ccco1. The molecule has 4 nitrogen and oxygen atoms in total. The van der Waals surface area contributed by atoms with Crippen molar-refractivity contribution in [2.45, 2.75) is 32.1 Å². The van der Waals surface area contributed by atoms with Crippen molar-refractivity contribution in [1.29, 1.82) is 0 Å². The number of unbranched alkanes of at least 4 members (excludes halogenated alkanes) is 2. The van der Waals surface area contributed by atoms with E-state index in [4.69, 9.17) is 9.52 Å². The predicted octanol–water partition coefficient (Wildman–Crippen LogP) is 2.06. The number of aliphatic carboxylic acids is 1. The lowest BCUT2D eigenvalue weighted by Crippen LogP contribution is -2.18. The second-order valence-corrected chi connectivity index (χ2v) is 3.78. The van der Waals surface area contributed by atoms with Crippen molar-refractivity contribution in [3.05, 3.63) is 24.2 Å². The Morgan fingerprint density at radius 3 is 2.88 bits per heavy atom. The molecule has 0 amide bonds. The van der Waals surface area contributed by atoms with Crippen LogP contribution in [0.4, 0.5) is 0 Å². The van der Waals surface area contributed by atoms with Gasteiger partial charge in [-0.25, -0.2) is 0 Å². The maximum Gasteiger partial charge on any atom is 0.303 e. The van der Waals surface area contributed by atoms with Crippen LogP contribution in [0, 0.1) is 0 Å². The van der Waals surface area contributed by atoms with E-state index in [0.29, 0.717) is 0 Å². The molecule has 1 aromatic rings. The first-order valence-electron chi connectivity index (χ1n) is 5.74. The van der Waals surface area contributed by atoms with Crippen molar-refractivity contribution < 1.29 is 14.3 Å². The molecule has 1 aromatic heterocycles. The Bertz CT molecular complexity index is 282. The molecule has 0 unspecified atom stereocenters. The average molecular weight is 225 g/mol. The molecule has 16 heavy (non-hydrogen) atoms. The number of rotatable bonds is 9. The summed E-state index contributed by atoms with van der Waals surface area (Å²) in [5.41, 5.74) is 0. The molecular weight excluding hydrogens is 206 g/mol. The molecule has 0 atom stereocenters. The number of carboxylic acid groups (broad SMARTS) is 1. The minimum Gasteiger partial charge on any atom is -0.481 e. The average Bonchev–Trinajstić information content (AvgIpc) is 2.74. The molecule has 4 heteroatoms. The first-order valence-corrected chi connectivity index (χ1v) is 5.74. The smallest absolute Gasteiger partial charge is 0.303 e. The van der Waals surface area contributed by atoms with Crippen LogP contribution in [0.3, 0.4) is 0 Å². The van der Waals surface area contributed by atoms with Crippen LogP contribution in [0.5, 0.6) is 0 Å². The van der Waals surface area contributed by atoms with Gasteiger partial charge < -0.3 is 14.8 Å². The summed E-state index contributed by atoms with van der Waals surface area (Å²) in [5, 5.41) is 11.7. The van der Waals surface area contributed by atoms with Crippen LogP contribution in [0.25, 0.3) is 0 Å². The van der Waals surface area contributed by atoms with E-state index in [1.54, 1.807) is 6.26 Å². The topological polar surface area (TPSA) is 62.5 Å². The highest BCUT2D eigenvalue weighted by Crippen LogP contribution is 2.00. The molecule has 0 saturated heterocycles. The van der Waals surface area contributed by atoms with Gasteiger partial charge in [0.05, 0.1) is 6.26 Å². The number of hydrogen-bond donors (Lipinski definition) is 2. The predicted molar refractivity (Wildman–Crippen MR) is 61.4 cm³/mol. The third kappa shape index (κ3) is 6.24. The first kappa shape index (κ1) is 12.8. The molecule has 0 saturated carbocycles. The van der Waals surface area contributed by atoms with E-state index < -0.39 is 5.97 Å². The molecule has 0 aromatic carbocycles. The van der Waals surface area contributed by atoms with Crippen LogP contribution < -0.4 is 5.32 Å². The summed E-state index contributed by atoms with van der Waals surface area (Å²) in [7, 11) is 0. The third-order valence-corrected chi connectivity index (χ3v) is 2.37. The maximum atomic E-state index is 10.2. The second-order valence-electron chi connectivity index (χ2n) is 3.78. The van der Waals surface area contributed by atoms with E-state index in [-0.39, 0.29) is 6.42 Å². The Hall–Kier alpha value is -1.29. The summed E-state index contributed by atoms with van der Waals surface area (Å²) in [5.74, 6) is 0.296. The number of hydrogen-bond acceptors (Lipinski definition) is 3. The summed E-state index contributed by atoms with van der Waals surface area (Å²) in [6.45, 7) is 1.85. The lowest BCUT2D eigenvalue weighted by atomic mass is 10.2. The molecular formula is C12H19NO3. The van der Waals surface area contributed by atoms with Gasteiger partial charge in [-0.1, -0.05) is 6.42 Å². The van der Waals surface area contributed by atoms with Crippen molar-refractivity contribution in [2.75, 3.05) is 13.1 Å². The van der Waals surface area contributed by atoms with Crippen LogP contribution in [-0.4, -0.2) is 24.2 Å². The maximum absolute atomic E-state index is 10.2. The largest absolute Gasteiger partial charge is 0.481 e. The molecule has 0 aliphatic carbocycles. The van der Waals surface area contributed by atoms with Crippen LogP contribution in [-0.2, 0) is 11.2 Å². The number of furan rings is 1. The summed E-state index contributed by atoms with van der Waals surface area (Å²) in [6, 6.07) is 3.86. The van der Waals surface area contributed by atoms with Crippen molar-refractivity contribution in [3.8, 4) is 0 Å². The van der Waals surface area contributed by atoms with E-state index >= 15 is 0 Å². The molecule has 0 bridgehead atoms. The Balaban J connectivity index is 1.83. The summed E-state index contributed by atoms with van der Waals surface area (Å²) >= 11 is 0. The Kier molecular flexibility index (Phi) is 6.33. The van der Waals surface area contributed by atoms with Gasteiger partial charge in [-0.05, 0) is 31.5 Å². The molecule has 2 N–H and O–H groups in total. The molecule has 90 valence electrons. The minimum atomic E-state index is -0.703. The number of carboxylic acids is 1. The van der Waals surface area contributed by atoms with Gasteiger partial charge in [0.25, 0.3) is 0 Å². The van der Waals surface area contributed by atoms with Gasteiger partial charge in [0.2, 0.25) is 0 Å². The molecule has 1 heterocycles. The molecule has 0 fully saturated rings. The zero-order valence-electron chi connectivity index (χ0n) is 9.45. The van der Waals surface area contributed by atoms with E-state index in [1.807, 2.05) is 12.1 Å². The van der Waals surface area contributed by atoms with Gasteiger partial charge in [0.15, 0.2) is 0 Å². The van der Waals surface area contributed by atoms with Gasteiger partial charge >= 0.3 is 5.97 Å². The fraction of sp³-hybridized carbons (Fsp3) is 0.583. The Morgan fingerprint density at radius 1 is 1.31 bits per heavy atom. The standard InChI is InChI=1S/C12H19NO3/c14-12(15)6-2-1-3-8-13-9-7-11-5-4-10-16-11/h4-5,10,13H,1-3,6-9H2,(H,14,15). The molecule has 0 radical (unpaired) electrons. The monoisotopic (exact) mass is 225 g/mol. The minimum absolute atomic E-state index is 0.284. The van der Waals surface area contributed by atoms with Crippen LogP contribution in [0.15, 0.2) is 22.8 Å². The zero-order chi connectivity index (χ0) is 11.6. The zero-order valence-corrected chi connectivity index (χ0v) is 9.45. The van der Waals surface area contributed by atoms with E-state index in [2.05, 4.69) is 5.32 Å². The molecule has 1 rings (SSSR count). The quantitative estimate of drug-likeness (QED) is 0.631. The van der Waals surface area contributed by atoms with Crippen molar-refractivity contribution in [2.24, 2.45) is 0 Å². The third-order valence-electron chi connectivity index (χ3n) is 2.37. The van der Waals surface area contributed by atoms with Gasteiger partial charge in [0, 0.05) is 19.4 Å². The van der Waals surface area contributed by atoms with E-state index in [9.17, 15) is 4.79 Å². The highest BCUT2D eigenvalue weighted by molar-refractivity contribution is 5.66. The van der Waals surface area contributed by atoms with Crippen LogP contribution >= 0.6 is 0 Å². The highest BCUT2D eigenvalue weighted by atomic mass is 16.4. The lowest BCUT2D eigenvalue weighted by Gasteiger charge is -2.02. The highest BCUT2D eigenvalue weighted by Gasteiger charge is 1.97. The van der Waals surface area contributed by atoms with Gasteiger partial charge in [0.1, 0.15) is 5.76 Å². The summed E-state index contributed by atoms with van der Waals surface area (Å²) in [4.78, 5) is 10.2. The van der Waals surface area contributed by atoms with E-state index in [0.717, 1.165) is 44.5 Å². The lowest BCUT2D eigenvalue weighted by molar-refractivity contribution is -0.137. The Labute approximate surface area is 95.7 Å². The first-order chi connectivity index (χ1) is 7.79. The second kappa shape index (κ2) is 7.93. The van der Waals surface area contributed by atoms with Gasteiger partial charge in [-0.3, -0.25) is 4.79 Å². The van der Waals surface area contributed by atoms with Crippen molar-refractivity contribution in [1.82, 2.24) is 5.32 Å². The fourth-order valence-electron chi connectivity index (χ4n) is 1.49. The van der Waals surface area contributed by atoms with Crippen LogP contribution in [0.1, 0.15) is 31.4 Å². The fourth-order valence-corrected chi connectivity index (χ4v) is 1.49.